The number of hydrogen-bond acceptors (Lipinski definition) is 3. The molecule has 0 saturated carbocycles. The normalized spacial score (nSPS) is 12.5. The standard InChI is InChI=1S/C11H20N4O/c1-4-15-10(5-6-13-15)7-9(8-12)11(16)14(2)3/h5-6,9H,4,7-8,12H2,1-3H3. The Morgan fingerprint density at radius 2 is 2.31 bits per heavy atom. The smallest absolute Gasteiger partial charge is 0.226 e. The summed E-state index contributed by atoms with van der Waals surface area (Å²) in [5.41, 5.74) is 6.71. The van der Waals surface area contributed by atoms with Crippen molar-refractivity contribution < 1.29 is 4.79 Å². The van der Waals surface area contributed by atoms with Crippen molar-refractivity contribution in [1.82, 2.24) is 14.7 Å². The van der Waals surface area contributed by atoms with Crippen LogP contribution >= 0.6 is 0 Å². The van der Waals surface area contributed by atoms with E-state index in [2.05, 4.69) is 5.10 Å². The molecule has 0 aliphatic heterocycles. The van der Waals surface area contributed by atoms with E-state index < -0.39 is 0 Å². The summed E-state index contributed by atoms with van der Waals surface area (Å²) in [4.78, 5) is 13.4. The summed E-state index contributed by atoms with van der Waals surface area (Å²) in [6.07, 6.45) is 2.41. The Bertz CT molecular complexity index is 346. The highest BCUT2D eigenvalue weighted by molar-refractivity contribution is 5.78. The Hall–Kier alpha value is -1.36. The molecular formula is C11H20N4O. The molecule has 5 nitrogen and oxygen atoms in total. The molecular weight excluding hydrogens is 204 g/mol. The Kier molecular flexibility index (Phi) is 4.49. The van der Waals surface area contributed by atoms with E-state index in [0.717, 1.165) is 12.2 Å². The van der Waals surface area contributed by atoms with Crippen molar-refractivity contribution in [1.29, 1.82) is 0 Å². The van der Waals surface area contributed by atoms with Gasteiger partial charge < -0.3 is 10.6 Å². The zero-order valence-corrected chi connectivity index (χ0v) is 10.2. The average molecular weight is 224 g/mol. The second kappa shape index (κ2) is 5.65. The van der Waals surface area contributed by atoms with Gasteiger partial charge in [0.25, 0.3) is 0 Å². The number of carbonyl (C=O) groups excluding carboxylic acids is 1. The molecule has 0 bridgehead atoms. The van der Waals surface area contributed by atoms with Crippen LogP contribution < -0.4 is 5.73 Å². The van der Waals surface area contributed by atoms with Crippen LogP contribution in [0.3, 0.4) is 0 Å². The molecule has 1 aromatic rings. The first kappa shape index (κ1) is 12.7. The molecule has 5 heteroatoms. The minimum atomic E-state index is -0.156. The summed E-state index contributed by atoms with van der Waals surface area (Å²) in [6, 6.07) is 1.94. The zero-order valence-electron chi connectivity index (χ0n) is 10.2. The summed E-state index contributed by atoms with van der Waals surface area (Å²) in [6.45, 7) is 3.21. The van der Waals surface area contributed by atoms with Gasteiger partial charge in [0, 0.05) is 45.5 Å². The number of amides is 1. The summed E-state index contributed by atoms with van der Waals surface area (Å²) in [5, 5.41) is 4.18. The highest BCUT2D eigenvalue weighted by atomic mass is 16.2. The quantitative estimate of drug-likeness (QED) is 0.772. The molecule has 1 rings (SSSR count). The van der Waals surface area contributed by atoms with Crippen molar-refractivity contribution in [3.63, 3.8) is 0 Å². The lowest BCUT2D eigenvalue weighted by molar-refractivity contribution is -0.132. The fourth-order valence-corrected chi connectivity index (χ4v) is 1.71. The van der Waals surface area contributed by atoms with Crippen LogP contribution in [0, 0.1) is 5.92 Å². The minimum Gasteiger partial charge on any atom is -0.349 e. The van der Waals surface area contributed by atoms with Crippen molar-refractivity contribution >= 4 is 5.91 Å². The molecule has 2 N–H and O–H groups in total. The number of aryl methyl sites for hydroxylation is 1. The van der Waals surface area contributed by atoms with Crippen LogP contribution in [-0.4, -0.2) is 41.2 Å². The van der Waals surface area contributed by atoms with Gasteiger partial charge in [-0.1, -0.05) is 0 Å². The first-order valence-electron chi connectivity index (χ1n) is 5.52. The molecule has 0 fully saturated rings. The first-order valence-corrected chi connectivity index (χ1v) is 5.52. The Balaban J connectivity index is 2.74. The van der Waals surface area contributed by atoms with E-state index in [1.807, 2.05) is 17.7 Å². The molecule has 0 aromatic carbocycles. The van der Waals surface area contributed by atoms with Crippen LogP contribution in [0.5, 0.6) is 0 Å². The molecule has 0 aliphatic rings. The number of nitrogens with zero attached hydrogens (tertiary/aromatic N) is 3. The Labute approximate surface area is 96.2 Å². The molecule has 0 saturated heterocycles. The molecule has 90 valence electrons. The van der Waals surface area contributed by atoms with E-state index in [0.29, 0.717) is 13.0 Å². The molecule has 1 heterocycles. The number of aromatic nitrogens is 2. The lowest BCUT2D eigenvalue weighted by Crippen LogP contribution is -2.35. The van der Waals surface area contributed by atoms with Gasteiger partial charge in [0.2, 0.25) is 5.91 Å². The van der Waals surface area contributed by atoms with Crippen LogP contribution in [0.1, 0.15) is 12.6 Å². The highest BCUT2D eigenvalue weighted by Gasteiger charge is 2.20. The maximum Gasteiger partial charge on any atom is 0.226 e. The summed E-state index contributed by atoms with van der Waals surface area (Å²) >= 11 is 0. The second-order valence-electron chi connectivity index (χ2n) is 4.01. The fourth-order valence-electron chi connectivity index (χ4n) is 1.71. The number of nitrogens with two attached hydrogens (primary N) is 1. The van der Waals surface area contributed by atoms with Gasteiger partial charge in [-0.2, -0.15) is 5.10 Å². The molecule has 0 radical (unpaired) electrons. The Morgan fingerprint density at radius 3 is 2.81 bits per heavy atom. The maximum atomic E-state index is 11.8. The molecule has 1 amide bonds. The predicted octanol–water partition coefficient (Wildman–Crippen LogP) is 0.109. The second-order valence-corrected chi connectivity index (χ2v) is 4.01. The van der Waals surface area contributed by atoms with Crippen LogP contribution in [0.2, 0.25) is 0 Å². The Morgan fingerprint density at radius 1 is 1.62 bits per heavy atom. The van der Waals surface area contributed by atoms with Gasteiger partial charge in [-0.05, 0) is 13.0 Å². The average Bonchev–Trinajstić information content (AvgIpc) is 2.71. The van der Waals surface area contributed by atoms with Crippen LogP contribution in [0.15, 0.2) is 12.3 Å². The van der Waals surface area contributed by atoms with Gasteiger partial charge >= 0.3 is 0 Å². The van der Waals surface area contributed by atoms with E-state index >= 15 is 0 Å². The molecule has 16 heavy (non-hydrogen) atoms. The van der Waals surface area contributed by atoms with E-state index in [-0.39, 0.29) is 11.8 Å². The van der Waals surface area contributed by atoms with Crippen molar-refractivity contribution in [2.24, 2.45) is 11.7 Å². The number of carbonyl (C=O) groups is 1. The molecule has 1 unspecified atom stereocenters. The topological polar surface area (TPSA) is 64.2 Å². The maximum absolute atomic E-state index is 11.8. The minimum absolute atomic E-state index is 0.0753. The lowest BCUT2D eigenvalue weighted by Gasteiger charge is -2.19. The van der Waals surface area contributed by atoms with Crippen LogP contribution in [0.25, 0.3) is 0 Å². The van der Waals surface area contributed by atoms with Crippen molar-refractivity contribution in [3.8, 4) is 0 Å². The predicted molar refractivity (Wildman–Crippen MR) is 62.8 cm³/mol. The largest absolute Gasteiger partial charge is 0.349 e. The molecule has 0 spiro atoms. The van der Waals surface area contributed by atoms with Crippen LogP contribution in [-0.2, 0) is 17.8 Å². The summed E-state index contributed by atoms with van der Waals surface area (Å²) < 4.78 is 1.89. The van der Waals surface area contributed by atoms with E-state index in [4.69, 9.17) is 5.73 Å². The molecule has 1 aromatic heterocycles. The lowest BCUT2D eigenvalue weighted by atomic mass is 10.0. The van der Waals surface area contributed by atoms with Gasteiger partial charge in [-0.15, -0.1) is 0 Å². The van der Waals surface area contributed by atoms with Crippen molar-refractivity contribution in [3.05, 3.63) is 18.0 Å². The third-order valence-corrected chi connectivity index (χ3v) is 2.63. The fraction of sp³-hybridized carbons (Fsp3) is 0.636. The molecule has 0 aliphatic carbocycles. The summed E-state index contributed by atoms with van der Waals surface area (Å²) in [7, 11) is 3.50. The van der Waals surface area contributed by atoms with Crippen LogP contribution in [0.4, 0.5) is 0 Å². The van der Waals surface area contributed by atoms with E-state index in [1.165, 1.54) is 0 Å². The van der Waals surface area contributed by atoms with Gasteiger partial charge in [-0.25, -0.2) is 0 Å². The first-order chi connectivity index (χ1) is 7.60. The third-order valence-electron chi connectivity index (χ3n) is 2.63. The monoisotopic (exact) mass is 224 g/mol. The third kappa shape index (κ3) is 2.82. The highest BCUT2D eigenvalue weighted by Crippen LogP contribution is 2.09. The van der Waals surface area contributed by atoms with Gasteiger partial charge in [0.05, 0.1) is 5.92 Å². The van der Waals surface area contributed by atoms with Crippen molar-refractivity contribution in [2.75, 3.05) is 20.6 Å². The zero-order chi connectivity index (χ0) is 12.1. The number of rotatable bonds is 5. The van der Waals surface area contributed by atoms with Gasteiger partial charge in [-0.3, -0.25) is 9.48 Å². The van der Waals surface area contributed by atoms with Crippen molar-refractivity contribution in [2.45, 2.75) is 19.9 Å². The van der Waals surface area contributed by atoms with E-state index in [1.54, 1.807) is 25.2 Å². The SMILES string of the molecule is CCn1nccc1CC(CN)C(=O)N(C)C. The van der Waals surface area contributed by atoms with Gasteiger partial charge in [0.15, 0.2) is 0 Å². The van der Waals surface area contributed by atoms with Gasteiger partial charge in [0.1, 0.15) is 0 Å². The number of hydrogen-bond donors (Lipinski definition) is 1. The van der Waals surface area contributed by atoms with E-state index in [9.17, 15) is 4.79 Å². The molecule has 1 atom stereocenters. The summed E-state index contributed by atoms with van der Waals surface area (Å²) in [5.74, 6) is -0.0802.